The van der Waals surface area contributed by atoms with Gasteiger partial charge in [0.25, 0.3) is 5.91 Å². The highest BCUT2D eigenvalue weighted by molar-refractivity contribution is 6.30. The Bertz CT molecular complexity index is 1230. The van der Waals surface area contributed by atoms with Crippen LogP contribution in [0.15, 0.2) is 72.8 Å². The van der Waals surface area contributed by atoms with Gasteiger partial charge in [0, 0.05) is 33.7 Å². The molecule has 3 aromatic carbocycles. The molecular formula is C26H23ClN2O2. The quantitative estimate of drug-likeness (QED) is 0.431. The maximum absolute atomic E-state index is 13.5. The van der Waals surface area contributed by atoms with E-state index in [-0.39, 0.29) is 11.9 Å². The number of amides is 1. The molecule has 0 unspecified atom stereocenters. The SMILES string of the molecule is CCOc1ccc([C@H]2c3[nH]c4ccccc4c3CCN2C(=O)c2ccc(Cl)cc2)cc1. The zero-order chi connectivity index (χ0) is 21.4. The maximum Gasteiger partial charge on any atom is 0.254 e. The Labute approximate surface area is 186 Å². The number of nitrogens with zero attached hydrogens (tertiary/aromatic N) is 1. The lowest BCUT2D eigenvalue weighted by Crippen LogP contribution is -2.40. The fourth-order valence-electron chi connectivity index (χ4n) is 4.48. The summed E-state index contributed by atoms with van der Waals surface area (Å²) in [5.41, 5.74) is 5.16. The Hall–Kier alpha value is -3.24. The van der Waals surface area contributed by atoms with Crippen LogP contribution < -0.4 is 4.74 Å². The molecule has 1 aliphatic heterocycles. The first-order chi connectivity index (χ1) is 15.2. The number of fused-ring (bicyclic) bond motifs is 3. The number of hydrogen-bond donors (Lipinski definition) is 1. The van der Waals surface area contributed by atoms with E-state index >= 15 is 0 Å². The van der Waals surface area contributed by atoms with E-state index in [2.05, 4.69) is 35.3 Å². The minimum atomic E-state index is -0.199. The summed E-state index contributed by atoms with van der Waals surface area (Å²) >= 11 is 6.04. The monoisotopic (exact) mass is 430 g/mol. The van der Waals surface area contributed by atoms with Gasteiger partial charge in [0.2, 0.25) is 0 Å². The van der Waals surface area contributed by atoms with Crippen molar-refractivity contribution in [3.8, 4) is 5.75 Å². The Morgan fingerprint density at radius 1 is 1.06 bits per heavy atom. The summed E-state index contributed by atoms with van der Waals surface area (Å²) < 4.78 is 5.62. The summed E-state index contributed by atoms with van der Waals surface area (Å²) in [7, 11) is 0. The van der Waals surface area contributed by atoms with E-state index in [1.807, 2.05) is 30.0 Å². The number of hydrogen-bond acceptors (Lipinski definition) is 2. The van der Waals surface area contributed by atoms with Gasteiger partial charge in [-0.2, -0.15) is 0 Å². The zero-order valence-electron chi connectivity index (χ0n) is 17.3. The number of aromatic amines is 1. The number of nitrogens with one attached hydrogen (secondary N) is 1. The summed E-state index contributed by atoms with van der Waals surface area (Å²) in [6, 6.07) is 23.3. The first-order valence-electron chi connectivity index (χ1n) is 10.5. The first kappa shape index (κ1) is 19.7. The molecule has 31 heavy (non-hydrogen) atoms. The molecule has 0 radical (unpaired) electrons. The van der Waals surface area contributed by atoms with Crippen LogP contribution in [0.25, 0.3) is 10.9 Å². The largest absolute Gasteiger partial charge is 0.494 e. The van der Waals surface area contributed by atoms with Crippen molar-refractivity contribution >= 4 is 28.4 Å². The van der Waals surface area contributed by atoms with E-state index in [4.69, 9.17) is 16.3 Å². The fourth-order valence-corrected chi connectivity index (χ4v) is 4.60. The molecule has 0 bridgehead atoms. The Morgan fingerprint density at radius 2 is 1.81 bits per heavy atom. The molecule has 156 valence electrons. The summed E-state index contributed by atoms with van der Waals surface area (Å²) in [6.07, 6.45) is 0.812. The lowest BCUT2D eigenvalue weighted by atomic mass is 9.91. The minimum absolute atomic E-state index is 0.000132. The number of benzene rings is 3. The molecule has 1 atom stereocenters. The molecule has 2 heterocycles. The Balaban J connectivity index is 1.61. The average Bonchev–Trinajstić information content (AvgIpc) is 3.18. The van der Waals surface area contributed by atoms with E-state index in [9.17, 15) is 4.79 Å². The van der Waals surface area contributed by atoms with Crippen molar-refractivity contribution in [3.05, 3.63) is 100 Å². The van der Waals surface area contributed by atoms with Crippen molar-refractivity contribution < 1.29 is 9.53 Å². The molecule has 0 spiro atoms. The van der Waals surface area contributed by atoms with Gasteiger partial charge in [-0.15, -0.1) is 0 Å². The number of carbonyl (C=O) groups is 1. The number of H-pyrrole nitrogens is 1. The third-order valence-electron chi connectivity index (χ3n) is 5.89. The first-order valence-corrected chi connectivity index (χ1v) is 10.9. The molecule has 1 aromatic heterocycles. The van der Waals surface area contributed by atoms with Gasteiger partial charge >= 0.3 is 0 Å². The van der Waals surface area contributed by atoms with Gasteiger partial charge in [-0.3, -0.25) is 4.79 Å². The van der Waals surface area contributed by atoms with Crippen LogP contribution >= 0.6 is 11.6 Å². The Kier molecular flexibility index (Phi) is 5.16. The lowest BCUT2D eigenvalue weighted by Gasteiger charge is -2.36. The summed E-state index contributed by atoms with van der Waals surface area (Å²) in [4.78, 5) is 19.1. The third kappa shape index (κ3) is 3.57. The summed E-state index contributed by atoms with van der Waals surface area (Å²) in [6.45, 7) is 3.24. The maximum atomic E-state index is 13.5. The zero-order valence-corrected chi connectivity index (χ0v) is 18.0. The molecule has 1 aliphatic rings. The Morgan fingerprint density at radius 3 is 2.55 bits per heavy atom. The molecule has 4 aromatic rings. The van der Waals surface area contributed by atoms with Crippen LogP contribution in [0, 0.1) is 0 Å². The molecule has 1 N–H and O–H groups in total. The van der Waals surface area contributed by atoms with E-state index < -0.39 is 0 Å². The van der Waals surface area contributed by atoms with Crippen molar-refractivity contribution in [2.24, 2.45) is 0 Å². The predicted molar refractivity (Wildman–Crippen MR) is 124 cm³/mol. The summed E-state index contributed by atoms with van der Waals surface area (Å²) in [5.74, 6) is 0.828. The highest BCUT2D eigenvalue weighted by Gasteiger charge is 2.34. The second-order valence-electron chi connectivity index (χ2n) is 7.72. The number of halogens is 1. The predicted octanol–water partition coefficient (Wildman–Crippen LogP) is 6.01. The second-order valence-corrected chi connectivity index (χ2v) is 8.16. The second kappa shape index (κ2) is 8.12. The third-order valence-corrected chi connectivity index (χ3v) is 6.15. The molecule has 4 nitrogen and oxygen atoms in total. The van der Waals surface area contributed by atoms with Gasteiger partial charge in [0.05, 0.1) is 12.6 Å². The highest BCUT2D eigenvalue weighted by Crippen LogP contribution is 2.39. The molecule has 5 rings (SSSR count). The van der Waals surface area contributed by atoms with Crippen molar-refractivity contribution in [1.82, 2.24) is 9.88 Å². The van der Waals surface area contributed by atoms with Crippen LogP contribution in [0.4, 0.5) is 0 Å². The van der Waals surface area contributed by atoms with Gasteiger partial charge < -0.3 is 14.6 Å². The van der Waals surface area contributed by atoms with Gasteiger partial charge in [0.1, 0.15) is 5.75 Å². The van der Waals surface area contributed by atoms with Gasteiger partial charge in [0.15, 0.2) is 0 Å². The van der Waals surface area contributed by atoms with E-state index in [1.54, 1.807) is 24.3 Å². The topological polar surface area (TPSA) is 45.3 Å². The van der Waals surface area contributed by atoms with E-state index in [1.165, 1.54) is 10.9 Å². The van der Waals surface area contributed by atoms with Crippen LogP contribution in [0.3, 0.4) is 0 Å². The minimum Gasteiger partial charge on any atom is -0.494 e. The van der Waals surface area contributed by atoms with Crippen molar-refractivity contribution in [3.63, 3.8) is 0 Å². The van der Waals surface area contributed by atoms with Gasteiger partial charge in [-0.1, -0.05) is 41.9 Å². The van der Waals surface area contributed by atoms with Gasteiger partial charge in [-0.05, 0) is 66.9 Å². The normalized spacial score (nSPS) is 15.7. The number of carbonyl (C=O) groups excluding carboxylic acids is 1. The van der Waals surface area contributed by atoms with Crippen molar-refractivity contribution in [1.29, 1.82) is 0 Å². The van der Waals surface area contributed by atoms with Crippen LogP contribution in [-0.2, 0) is 6.42 Å². The smallest absolute Gasteiger partial charge is 0.254 e. The molecule has 1 amide bonds. The van der Waals surface area contributed by atoms with E-state index in [0.717, 1.165) is 28.9 Å². The molecule has 0 saturated carbocycles. The molecule has 0 saturated heterocycles. The molecule has 5 heteroatoms. The number of rotatable bonds is 4. The number of ether oxygens (including phenoxy) is 1. The molecule has 0 aliphatic carbocycles. The highest BCUT2D eigenvalue weighted by atomic mass is 35.5. The van der Waals surface area contributed by atoms with Crippen LogP contribution in [0.1, 0.15) is 40.1 Å². The molecule has 0 fully saturated rings. The molecular weight excluding hydrogens is 408 g/mol. The standard InChI is InChI=1S/C26H23ClN2O2/c1-2-31-20-13-9-17(10-14-20)25-24-22(21-5-3-4-6-23(21)28-24)15-16-29(25)26(30)18-7-11-19(27)12-8-18/h3-14,25,28H,2,15-16H2,1H3/t25-/m0/s1. The van der Waals surface area contributed by atoms with Crippen LogP contribution in [0.5, 0.6) is 5.75 Å². The van der Waals surface area contributed by atoms with Crippen molar-refractivity contribution in [2.75, 3.05) is 13.2 Å². The average molecular weight is 431 g/mol. The van der Waals surface area contributed by atoms with Crippen molar-refractivity contribution in [2.45, 2.75) is 19.4 Å². The number of para-hydroxylation sites is 1. The fraction of sp³-hybridized carbons (Fsp3) is 0.192. The van der Waals surface area contributed by atoms with Gasteiger partial charge in [-0.25, -0.2) is 0 Å². The van der Waals surface area contributed by atoms with E-state index in [0.29, 0.717) is 23.7 Å². The summed E-state index contributed by atoms with van der Waals surface area (Å²) in [5, 5.41) is 1.85. The lowest BCUT2D eigenvalue weighted by molar-refractivity contribution is 0.0692. The van der Waals surface area contributed by atoms with Crippen LogP contribution in [-0.4, -0.2) is 28.9 Å². The van der Waals surface area contributed by atoms with Crippen LogP contribution in [0.2, 0.25) is 5.02 Å². The number of aromatic nitrogens is 1.